The lowest BCUT2D eigenvalue weighted by Gasteiger charge is -2.34. The molecule has 1 aliphatic rings. The van der Waals surface area contributed by atoms with Crippen molar-refractivity contribution in [1.82, 2.24) is 19.4 Å². The first kappa shape index (κ1) is 21.5. The van der Waals surface area contributed by atoms with Gasteiger partial charge in [0.25, 0.3) is 0 Å². The maximum Gasteiger partial charge on any atom is 0.247 e. The molecule has 162 valence electrons. The van der Waals surface area contributed by atoms with Gasteiger partial charge in [-0.2, -0.15) is 4.31 Å². The lowest BCUT2D eigenvalue weighted by molar-refractivity contribution is -0.132. The summed E-state index contributed by atoms with van der Waals surface area (Å²) in [4.78, 5) is 14.3. The molecule has 10 heteroatoms. The molecule has 1 fully saturated rings. The summed E-state index contributed by atoms with van der Waals surface area (Å²) in [6.07, 6.45) is 0.546. The number of carbonyl (C=O) groups is 1. The number of nitrogens with zero attached hydrogens (tertiary/aromatic N) is 4. The maximum atomic E-state index is 12.8. The summed E-state index contributed by atoms with van der Waals surface area (Å²) in [5.41, 5.74) is 0.823. The second-order valence-corrected chi connectivity index (χ2v) is 9.40. The fourth-order valence-corrected chi connectivity index (χ4v) is 5.31. The van der Waals surface area contributed by atoms with Crippen molar-refractivity contribution < 1.29 is 17.6 Å². The summed E-state index contributed by atoms with van der Waals surface area (Å²) in [5.74, 6) is 0.739. The van der Waals surface area contributed by atoms with Crippen LogP contribution in [0.2, 0.25) is 5.02 Å². The average Bonchev–Trinajstić information content (AvgIpc) is 3.27. The minimum Gasteiger partial charge on any atom is -0.421 e. The molecule has 3 aromatic rings. The highest BCUT2D eigenvalue weighted by atomic mass is 35.5. The molecule has 0 unspecified atom stereocenters. The number of benzene rings is 2. The topological polar surface area (TPSA) is 96.6 Å². The first-order chi connectivity index (χ1) is 14.9. The Balaban J connectivity index is 1.31. The van der Waals surface area contributed by atoms with E-state index in [4.69, 9.17) is 16.0 Å². The van der Waals surface area contributed by atoms with E-state index in [1.807, 2.05) is 30.3 Å². The molecule has 0 N–H and O–H groups in total. The van der Waals surface area contributed by atoms with Crippen LogP contribution in [0.25, 0.3) is 11.5 Å². The molecule has 2 aromatic carbocycles. The van der Waals surface area contributed by atoms with E-state index >= 15 is 0 Å². The van der Waals surface area contributed by atoms with Crippen LogP contribution < -0.4 is 0 Å². The van der Waals surface area contributed by atoms with Crippen molar-refractivity contribution in [2.75, 3.05) is 26.2 Å². The van der Waals surface area contributed by atoms with Crippen LogP contribution in [0.3, 0.4) is 0 Å². The predicted molar refractivity (Wildman–Crippen MR) is 115 cm³/mol. The Hall–Kier alpha value is -2.75. The zero-order valence-corrected chi connectivity index (χ0v) is 18.2. The smallest absolute Gasteiger partial charge is 0.247 e. The van der Waals surface area contributed by atoms with Crippen molar-refractivity contribution in [3.05, 3.63) is 65.5 Å². The number of hydrogen-bond donors (Lipinski definition) is 0. The Morgan fingerprint density at radius 3 is 2.35 bits per heavy atom. The molecule has 0 radical (unpaired) electrons. The zero-order chi connectivity index (χ0) is 21.8. The maximum absolute atomic E-state index is 12.8. The van der Waals surface area contributed by atoms with E-state index in [-0.39, 0.29) is 35.3 Å². The van der Waals surface area contributed by atoms with Crippen molar-refractivity contribution >= 4 is 27.5 Å². The first-order valence-electron chi connectivity index (χ1n) is 9.85. The molecular weight excluding hydrogens is 440 g/mol. The number of halogens is 1. The van der Waals surface area contributed by atoms with Crippen molar-refractivity contribution in [3.63, 3.8) is 0 Å². The molecule has 1 aliphatic heterocycles. The molecule has 0 aliphatic carbocycles. The van der Waals surface area contributed by atoms with Gasteiger partial charge in [-0.25, -0.2) is 8.42 Å². The van der Waals surface area contributed by atoms with Crippen LogP contribution in [0.1, 0.15) is 12.3 Å². The highest BCUT2D eigenvalue weighted by molar-refractivity contribution is 7.89. The van der Waals surface area contributed by atoms with Gasteiger partial charge >= 0.3 is 0 Å². The van der Waals surface area contributed by atoms with Gasteiger partial charge in [-0.3, -0.25) is 4.79 Å². The van der Waals surface area contributed by atoms with Crippen molar-refractivity contribution in [3.8, 4) is 11.5 Å². The fraction of sp³-hybridized carbons (Fsp3) is 0.286. The van der Waals surface area contributed by atoms with Crippen molar-refractivity contribution in [2.24, 2.45) is 0 Å². The van der Waals surface area contributed by atoms with Gasteiger partial charge in [0, 0.05) is 44.6 Å². The van der Waals surface area contributed by atoms with Gasteiger partial charge in [-0.1, -0.05) is 41.9 Å². The molecule has 0 atom stereocenters. The number of aromatic nitrogens is 2. The number of rotatable bonds is 6. The lowest BCUT2D eigenvalue weighted by atomic mass is 10.2. The van der Waals surface area contributed by atoms with Gasteiger partial charge in [0.1, 0.15) is 4.90 Å². The molecule has 1 amide bonds. The van der Waals surface area contributed by atoms with Crippen LogP contribution in [-0.2, 0) is 21.2 Å². The number of piperazine rings is 1. The van der Waals surface area contributed by atoms with Crippen molar-refractivity contribution in [2.45, 2.75) is 17.7 Å². The van der Waals surface area contributed by atoms with E-state index in [2.05, 4.69) is 10.2 Å². The van der Waals surface area contributed by atoms with E-state index < -0.39 is 10.0 Å². The van der Waals surface area contributed by atoms with Crippen LogP contribution in [0.15, 0.2) is 63.9 Å². The molecule has 0 bridgehead atoms. The highest BCUT2D eigenvalue weighted by Gasteiger charge is 2.31. The average molecular weight is 461 g/mol. The standard InChI is InChI=1S/C21H21ClN4O4S/c22-17-8-4-5-9-18(17)31(28,29)26-14-12-25(13-15-26)20(27)11-10-19-23-24-21(30-19)16-6-2-1-3-7-16/h1-9H,10-15H2. The van der Waals surface area contributed by atoms with Gasteiger partial charge in [0.2, 0.25) is 27.7 Å². The minimum absolute atomic E-state index is 0.0748. The van der Waals surface area contributed by atoms with Crippen molar-refractivity contribution in [1.29, 1.82) is 0 Å². The first-order valence-corrected chi connectivity index (χ1v) is 11.7. The van der Waals surface area contributed by atoms with E-state index in [1.165, 1.54) is 10.4 Å². The molecular formula is C21H21ClN4O4S. The van der Waals surface area contributed by atoms with Gasteiger partial charge in [-0.15, -0.1) is 10.2 Å². The third kappa shape index (κ3) is 4.79. The Bertz CT molecular complexity index is 1160. The summed E-state index contributed by atoms with van der Waals surface area (Å²) in [6, 6.07) is 15.8. The third-order valence-corrected chi connectivity index (χ3v) is 7.48. The monoisotopic (exact) mass is 460 g/mol. The van der Waals surface area contributed by atoms with Crippen LogP contribution in [-0.4, -0.2) is 59.9 Å². The van der Waals surface area contributed by atoms with Gasteiger partial charge < -0.3 is 9.32 Å². The normalized spacial score (nSPS) is 15.2. The minimum atomic E-state index is -3.69. The summed E-state index contributed by atoms with van der Waals surface area (Å²) < 4.78 is 32.6. The largest absolute Gasteiger partial charge is 0.421 e. The van der Waals surface area contributed by atoms with Gasteiger partial charge in [-0.05, 0) is 24.3 Å². The SMILES string of the molecule is O=C(CCc1nnc(-c2ccccc2)o1)N1CCN(S(=O)(=O)c2ccccc2Cl)CC1. The Labute approximate surface area is 185 Å². The quantitative estimate of drug-likeness (QED) is 0.561. The van der Waals surface area contributed by atoms with Gasteiger partial charge in [0.05, 0.1) is 5.02 Å². The predicted octanol–water partition coefficient (Wildman–Crippen LogP) is 2.86. The molecule has 4 rings (SSSR count). The second-order valence-electron chi connectivity index (χ2n) is 7.08. The molecule has 1 aromatic heterocycles. The van der Waals surface area contributed by atoms with Crippen LogP contribution in [0, 0.1) is 0 Å². The Kier molecular flexibility index (Phi) is 6.35. The molecule has 31 heavy (non-hydrogen) atoms. The fourth-order valence-electron chi connectivity index (χ4n) is 3.39. The third-order valence-electron chi connectivity index (χ3n) is 5.09. The van der Waals surface area contributed by atoms with Gasteiger partial charge in [0.15, 0.2) is 0 Å². The highest BCUT2D eigenvalue weighted by Crippen LogP contribution is 2.25. The van der Waals surface area contributed by atoms with Crippen LogP contribution >= 0.6 is 11.6 Å². The summed E-state index contributed by atoms with van der Waals surface area (Å²) >= 11 is 6.06. The molecule has 1 saturated heterocycles. The number of amides is 1. The number of hydrogen-bond acceptors (Lipinski definition) is 6. The summed E-state index contributed by atoms with van der Waals surface area (Å²) in [5, 5.41) is 8.22. The number of aryl methyl sites for hydroxylation is 1. The van der Waals surface area contributed by atoms with E-state index in [1.54, 1.807) is 23.1 Å². The summed E-state index contributed by atoms with van der Waals surface area (Å²) in [6.45, 7) is 1.08. The number of carbonyl (C=O) groups excluding carboxylic acids is 1. The summed E-state index contributed by atoms with van der Waals surface area (Å²) in [7, 11) is -3.69. The molecule has 2 heterocycles. The van der Waals surface area contributed by atoms with Crippen LogP contribution in [0.4, 0.5) is 0 Å². The van der Waals surface area contributed by atoms with E-state index in [9.17, 15) is 13.2 Å². The number of sulfonamides is 1. The Morgan fingerprint density at radius 1 is 0.968 bits per heavy atom. The molecule has 0 saturated carbocycles. The van der Waals surface area contributed by atoms with E-state index in [0.29, 0.717) is 31.3 Å². The second kappa shape index (κ2) is 9.17. The van der Waals surface area contributed by atoms with E-state index in [0.717, 1.165) is 5.56 Å². The Morgan fingerprint density at radius 2 is 1.65 bits per heavy atom. The van der Waals surface area contributed by atoms with Crippen LogP contribution in [0.5, 0.6) is 0 Å². The molecule has 8 nitrogen and oxygen atoms in total. The lowest BCUT2D eigenvalue weighted by Crippen LogP contribution is -2.50. The molecule has 0 spiro atoms. The zero-order valence-electron chi connectivity index (χ0n) is 16.6.